The Balaban J connectivity index is 1.55. The van der Waals surface area contributed by atoms with E-state index < -0.39 is 0 Å². The van der Waals surface area contributed by atoms with E-state index >= 15 is 0 Å². The quantitative estimate of drug-likeness (QED) is 0.103. The summed E-state index contributed by atoms with van der Waals surface area (Å²) in [7, 11) is 0. The van der Waals surface area contributed by atoms with Gasteiger partial charge in [-0.3, -0.25) is 0 Å². The van der Waals surface area contributed by atoms with Gasteiger partial charge in [0.05, 0.1) is 26.4 Å². The molecule has 0 radical (unpaired) electrons. The molecule has 0 aromatic heterocycles. The van der Waals surface area contributed by atoms with Gasteiger partial charge in [-0.25, -0.2) is 0 Å². The fraction of sp³-hybridized carbons (Fsp3) is 0.302. The Morgan fingerprint density at radius 1 is 0.426 bits per heavy atom. The lowest BCUT2D eigenvalue weighted by Gasteiger charge is -2.11. The summed E-state index contributed by atoms with van der Waals surface area (Å²) in [5.74, 6) is 3.54. The average Bonchev–Trinajstić information content (AvgIpc) is 3.10. The highest BCUT2D eigenvalue weighted by Gasteiger charge is 2.06. The molecule has 0 aliphatic carbocycles. The zero-order valence-corrected chi connectivity index (χ0v) is 28.8. The monoisotopic (exact) mass is 630 g/mol. The van der Waals surface area contributed by atoms with Crippen LogP contribution >= 0.6 is 0 Å². The van der Waals surface area contributed by atoms with Crippen LogP contribution in [0.15, 0.2) is 78.9 Å². The van der Waals surface area contributed by atoms with E-state index in [1.54, 1.807) is 0 Å². The summed E-state index contributed by atoms with van der Waals surface area (Å²) in [4.78, 5) is 0. The molecule has 246 valence electrons. The molecule has 0 atom stereocenters. The fourth-order valence-corrected chi connectivity index (χ4v) is 4.86. The molecule has 0 fully saturated rings. The molecule has 0 aliphatic heterocycles. The minimum absolute atomic E-state index is 0.657. The topological polar surface area (TPSA) is 36.9 Å². The van der Waals surface area contributed by atoms with Gasteiger partial charge in [0, 0.05) is 16.7 Å². The van der Waals surface area contributed by atoms with Crippen LogP contribution in [0.1, 0.15) is 92.3 Å². The largest absolute Gasteiger partial charge is 0.494 e. The van der Waals surface area contributed by atoms with Crippen LogP contribution in [0.4, 0.5) is 0 Å². The molecule has 0 amide bonds. The third-order valence-electron chi connectivity index (χ3n) is 7.33. The SMILES string of the molecule is CCCOc1cccc(/C=C/c2ccc(/C=C/c3ccc(/C=C/c4ccc(C)cc4OCCC)cc3OCCC)cc2OCCC)c1. The van der Waals surface area contributed by atoms with Crippen molar-refractivity contribution in [2.75, 3.05) is 26.4 Å². The number of hydrogen-bond acceptors (Lipinski definition) is 4. The molecule has 0 unspecified atom stereocenters. The van der Waals surface area contributed by atoms with Crippen LogP contribution in [0.25, 0.3) is 36.5 Å². The Bertz CT molecular complexity index is 1650. The molecule has 4 nitrogen and oxygen atoms in total. The summed E-state index contributed by atoms with van der Waals surface area (Å²) in [6, 6.07) is 27.2. The molecular formula is C43H50O4. The van der Waals surface area contributed by atoms with Crippen LogP contribution in [0, 0.1) is 6.92 Å². The van der Waals surface area contributed by atoms with Crippen molar-refractivity contribution in [3.63, 3.8) is 0 Å². The molecule has 4 rings (SSSR count). The van der Waals surface area contributed by atoms with Gasteiger partial charge in [0.1, 0.15) is 23.0 Å². The van der Waals surface area contributed by atoms with Crippen molar-refractivity contribution in [3.8, 4) is 23.0 Å². The van der Waals surface area contributed by atoms with Crippen LogP contribution < -0.4 is 18.9 Å². The van der Waals surface area contributed by atoms with Gasteiger partial charge in [0.2, 0.25) is 0 Å². The van der Waals surface area contributed by atoms with Crippen LogP contribution in [0.5, 0.6) is 23.0 Å². The molecule has 4 heteroatoms. The highest BCUT2D eigenvalue weighted by molar-refractivity contribution is 5.79. The van der Waals surface area contributed by atoms with Crippen molar-refractivity contribution >= 4 is 36.5 Å². The van der Waals surface area contributed by atoms with E-state index in [0.29, 0.717) is 26.4 Å². The minimum Gasteiger partial charge on any atom is -0.494 e. The second-order valence-corrected chi connectivity index (χ2v) is 11.6. The summed E-state index contributed by atoms with van der Waals surface area (Å²) in [5, 5.41) is 0. The van der Waals surface area contributed by atoms with Crippen molar-refractivity contribution in [2.45, 2.75) is 60.3 Å². The molecular weight excluding hydrogens is 580 g/mol. The predicted octanol–water partition coefficient (Wildman–Crippen LogP) is 11.7. The molecule has 0 aliphatic rings. The van der Waals surface area contributed by atoms with E-state index in [0.717, 1.165) is 82.1 Å². The van der Waals surface area contributed by atoms with Crippen LogP contribution in [-0.4, -0.2) is 26.4 Å². The first kappa shape index (κ1) is 35.2. The molecule has 0 saturated carbocycles. The van der Waals surface area contributed by atoms with Crippen LogP contribution in [-0.2, 0) is 0 Å². The summed E-state index contributed by atoms with van der Waals surface area (Å²) in [6.07, 6.45) is 16.5. The smallest absolute Gasteiger partial charge is 0.127 e. The van der Waals surface area contributed by atoms with Crippen LogP contribution in [0.3, 0.4) is 0 Å². The summed E-state index contributed by atoms with van der Waals surface area (Å²) < 4.78 is 24.2. The number of ether oxygens (including phenoxy) is 4. The molecule has 4 aromatic rings. The second kappa shape index (κ2) is 19.1. The van der Waals surface area contributed by atoms with Crippen molar-refractivity contribution in [1.29, 1.82) is 0 Å². The maximum atomic E-state index is 6.21. The average molecular weight is 631 g/mol. The molecule has 47 heavy (non-hydrogen) atoms. The molecule has 0 N–H and O–H groups in total. The minimum atomic E-state index is 0.657. The molecule has 0 saturated heterocycles. The lowest BCUT2D eigenvalue weighted by Crippen LogP contribution is -1.98. The molecule has 0 heterocycles. The number of hydrogen-bond donors (Lipinski definition) is 0. The van der Waals surface area contributed by atoms with Gasteiger partial charge < -0.3 is 18.9 Å². The lowest BCUT2D eigenvalue weighted by atomic mass is 10.0. The first-order valence-electron chi connectivity index (χ1n) is 17.1. The third kappa shape index (κ3) is 11.2. The Kier molecular flexibility index (Phi) is 14.3. The first-order valence-corrected chi connectivity index (χ1v) is 17.1. The fourth-order valence-electron chi connectivity index (χ4n) is 4.86. The van der Waals surface area contributed by atoms with E-state index in [9.17, 15) is 0 Å². The summed E-state index contributed by atoms with van der Waals surface area (Å²) in [6.45, 7) is 13.3. The van der Waals surface area contributed by atoms with E-state index in [4.69, 9.17) is 18.9 Å². The first-order chi connectivity index (χ1) is 23.0. The highest BCUT2D eigenvalue weighted by atomic mass is 16.5. The normalized spacial score (nSPS) is 11.5. The van der Waals surface area contributed by atoms with Gasteiger partial charge in [-0.05, 0) is 85.2 Å². The Labute approximate surface area is 282 Å². The zero-order valence-electron chi connectivity index (χ0n) is 28.8. The van der Waals surface area contributed by atoms with E-state index in [-0.39, 0.29) is 0 Å². The van der Waals surface area contributed by atoms with Crippen LogP contribution in [0.2, 0.25) is 0 Å². The van der Waals surface area contributed by atoms with Gasteiger partial charge in [0.15, 0.2) is 0 Å². The lowest BCUT2D eigenvalue weighted by molar-refractivity contribution is 0.316. The van der Waals surface area contributed by atoms with E-state index in [2.05, 4.69) is 138 Å². The third-order valence-corrected chi connectivity index (χ3v) is 7.33. The Morgan fingerprint density at radius 3 is 1.34 bits per heavy atom. The Morgan fingerprint density at radius 2 is 0.851 bits per heavy atom. The number of benzene rings is 4. The van der Waals surface area contributed by atoms with E-state index in [1.165, 1.54) is 5.56 Å². The van der Waals surface area contributed by atoms with Crippen molar-refractivity contribution in [1.82, 2.24) is 0 Å². The summed E-state index contributed by atoms with van der Waals surface area (Å²) >= 11 is 0. The summed E-state index contributed by atoms with van der Waals surface area (Å²) in [5.41, 5.74) is 7.55. The second-order valence-electron chi connectivity index (χ2n) is 11.6. The van der Waals surface area contributed by atoms with Crippen molar-refractivity contribution in [2.24, 2.45) is 0 Å². The van der Waals surface area contributed by atoms with Gasteiger partial charge in [-0.2, -0.15) is 0 Å². The zero-order chi connectivity index (χ0) is 33.3. The molecule has 0 spiro atoms. The van der Waals surface area contributed by atoms with Gasteiger partial charge in [-0.15, -0.1) is 0 Å². The molecule has 0 bridgehead atoms. The van der Waals surface area contributed by atoms with Gasteiger partial charge in [0.25, 0.3) is 0 Å². The number of aryl methyl sites for hydroxylation is 1. The van der Waals surface area contributed by atoms with E-state index in [1.807, 2.05) is 12.1 Å². The van der Waals surface area contributed by atoms with Crippen molar-refractivity contribution < 1.29 is 18.9 Å². The van der Waals surface area contributed by atoms with Gasteiger partial charge in [-0.1, -0.05) is 113 Å². The number of rotatable bonds is 18. The highest BCUT2D eigenvalue weighted by Crippen LogP contribution is 2.29. The maximum absolute atomic E-state index is 6.21. The van der Waals surface area contributed by atoms with Crippen molar-refractivity contribution in [3.05, 3.63) is 118 Å². The maximum Gasteiger partial charge on any atom is 0.127 e. The predicted molar refractivity (Wildman–Crippen MR) is 200 cm³/mol. The Hall–Kier alpha value is -4.70. The molecule has 4 aromatic carbocycles. The standard InChI is InChI=1S/C43H50O4/c1-6-25-44-40-12-10-11-34(30-40)14-20-38-22-16-36(32-42(38)46-27-8-3)18-24-39-23-17-35(31-43(39)47-28-9-4)15-21-37-19-13-33(5)29-41(37)45-26-7-2/h10-24,29-32H,6-9,25-28H2,1-5H3/b20-14+,21-15+,24-18+. The van der Waals surface area contributed by atoms with Gasteiger partial charge >= 0.3 is 0 Å².